The Morgan fingerprint density at radius 2 is 1.75 bits per heavy atom. The van der Waals surface area contributed by atoms with Crippen molar-refractivity contribution >= 4 is 15.9 Å². The first-order valence-electron chi connectivity index (χ1n) is 5.36. The second-order valence-electron chi connectivity index (χ2n) is 4.18. The average molecular weight is 293 g/mol. The minimum atomic E-state index is -4.27. The predicted molar refractivity (Wildman–Crippen MR) is 60.4 cm³/mol. The van der Waals surface area contributed by atoms with Crippen LogP contribution in [-0.4, -0.2) is 0 Å². The highest BCUT2D eigenvalue weighted by Crippen LogP contribution is 2.44. The van der Waals surface area contributed by atoms with Gasteiger partial charge in [0.1, 0.15) is 0 Å². The fraction of sp³-hybridized carbons (Fsp3) is 0.500. The number of hydrogen-bond donors (Lipinski definition) is 0. The molecule has 0 saturated heterocycles. The summed E-state index contributed by atoms with van der Waals surface area (Å²) in [6.45, 7) is 0. The number of rotatable bonds is 1. The van der Waals surface area contributed by atoms with E-state index < -0.39 is 11.7 Å². The molecule has 1 aromatic rings. The molecular formula is C12H12BrF3. The molecule has 0 nitrogen and oxygen atoms in total. The zero-order valence-electron chi connectivity index (χ0n) is 8.65. The smallest absolute Gasteiger partial charge is 0.166 e. The third kappa shape index (κ3) is 2.26. The summed E-state index contributed by atoms with van der Waals surface area (Å²) < 4.78 is 39.0. The molecule has 1 aromatic carbocycles. The van der Waals surface area contributed by atoms with Crippen molar-refractivity contribution in [3.8, 4) is 0 Å². The van der Waals surface area contributed by atoms with E-state index in [0.717, 1.165) is 25.7 Å². The van der Waals surface area contributed by atoms with E-state index in [1.807, 2.05) is 0 Å². The van der Waals surface area contributed by atoms with Gasteiger partial charge in [-0.1, -0.05) is 40.9 Å². The molecule has 1 aliphatic rings. The van der Waals surface area contributed by atoms with Gasteiger partial charge in [-0.05, 0) is 30.4 Å². The molecule has 0 aromatic heterocycles. The Morgan fingerprint density at radius 3 is 2.31 bits per heavy atom. The van der Waals surface area contributed by atoms with Crippen LogP contribution in [0.3, 0.4) is 0 Å². The van der Waals surface area contributed by atoms with E-state index >= 15 is 0 Å². The van der Waals surface area contributed by atoms with Crippen LogP contribution < -0.4 is 0 Å². The molecule has 1 saturated carbocycles. The zero-order valence-corrected chi connectivity index (χ0v) is 10.2. The van der Waals surface area contributed by atoms with E-state index in [1.54, 1.807) is 12.1 Å². The van der Waals surface area contributed by atoms with Crippen LogP contribution in [-0.2, 0) is 6.18 Å². The van der Waals surface area contributed by atoms with Crippen molar-refractivity contribution < 1.29 is 13.2 Å². The molecule has 0 spiro atoms. The second-order valence-corrected chi connectivity index (χ2v) is 5.04. The number of benzene rings is 1. The standard InChI is InChI=1S/C12H12BrF3/c13-10-7-3-6-9(8-4-1-2-5-8)11(10)12(14,15)16/h3,6-8H,1-2,4-5H2. The lowest BCUT2D eigenvalue weighted by Gasteiger charge is -2.18. The number of alkyl halides is 3. The third-order valence-electron chi connectivity index (χ3n) is 3.12. The summed E-state index contributed by atoms with van der Waals surface area (Å²) in [5.74, 6) is 0.0779. The van der Waals surface area contributed by atoms with Crippen LogP contribution in [0.25, 0.3) is 0 Å². The first-order valence-corrected chi connectivity index (χ1v) is 6.15. The highest BCUT2D eigenvalue weighted by molar-refractivity contribution is 9.10. The van der Waals surface area contributed by atoms with Crippen LogP contribution in [0.5, 0.6) is 0 Å². The normalized spacial score (nSPS) is 18.0. The molecule has 16 heavy (non-hydrogen) atoms. The lowest BCUT2D eigenvalue weighted by Crippen LogP contribution is -2.12. The van der Waals surface area contributed by atoms with E-state index in [0.29, 0.717) is 5.56 Å². The molecule has 0 unspecified atom stereocenters. The Hall–Kier alpha value is -0.510. The van der Waals surface area contributed by atoms with Gasteiger partial charge in [0.25, 0.3) is 0 Å². The van der Waals surface area contributed by atoms with Crippen molar-refractivity contribution in [2.24, 2.45) is 0 Å². The van der Waals surface area contributed by atoms with E-state index in [-0.39, 0.29) is 10.4 Å². The molecule has 1 fully saturated rings. The van der Waals surface area contributed by atoms with Gasteiger partial charge in [-0.2, -0.15) is 13.2 Å². The maximum absolute atomic E-state index is 12.9. The fourth-order valence-corrected chi connectivity index (χ4v) is 3.02. The maximum Gasteiger partial charge on any atom is 0.417 e. The molecule has 0 radical (unpaired) electrons. The summed E-state index contributed by atoms with van der Waals surface area (Å²) in [5.41, 5.74) is -0.0266. The monoisotopic (exact) mass is 292 g/mol. The van der Waals surface area contributed by atoms with E-state index in [4.69, 9.17) is 0 Å². The third-order valence-corrected chi connectivity index (χ3v) is 3.79. The van der Waals surface area contributed by atoms with Crippen LogP contribution >= 0.6 is 15.9 Å². The summed E-state index contributed by atoms with van der Waals surface area (Å²) in [6.07, 6.45) is -0.444. The van der Waals surface area contributed by atoms with Crippen LogP contribution in [0.15, 0.2) is 22.7 Å². The van der Waals surface area contributed by atoms with Crippen molar-refractivity contribution in [3.05, 3.63) is 33.8 Å². The lowest BCUT2D eigenvalue weighted by atomic mass is 9.93. The Bertz CT molecular complexity index is 378. The van der Waals surface area contributed by atoms with Crippen molar-refractivity contribution in [2.75, 3.05) is 0 Å². The van der Waals surface area contributed by atoms with Gasteiger partial charge < -0.3 is 0 Å². The van der Waals surface area contributed by atoms with Crippen molar-refractivity contribution in [1.82, 2.24) is 0 Å². The molecule has 0 aliphatic heterocycles. The van der Waals surface area contributed by atoms with Crippen LogP contribution in [0.1, 0.15) is 42.7 Å². The number of halogens is 4. The Labute approximate surface area is 101 Å². The van der Waals surface area contributed by atoms with E-state index in [2.05, 4.69) is 15.9 Å². The molecule has 0 heterocycles. The number of hydrogen-bond acceptors (Lipinski definition) is 0. The Morgan fingerprint density at radius 1 is 1.12 bits per heavy atom. The molecule has 2 rings (SSSR count). The van der Waals surface area contributed by atoms with Crippen LogP contribution in [0.4, 0.5) is 13.2 Å². The summed E-state index contributed by atoms with van der Waals surface area (Å²) in [4.78, 5) is 0. The molecule has 4 heteroatoms. The van der Waals surface area contributed by atoms with E-state index in [9.17, 15) is 13.2 Å². The van der Waals surface area contributed by atoms with Gasteiger partial charge in [-0.25, -0.2) is 0 Å². The minimum Gasteiger partial charge on any atom is -0.166 e. The predicted octanol–water partition coefficient (Wildman–Crippen LogP) is 5.13. The van der Waals surface area contributed by atoms with Crippen molar-refractivity contribution in [3.63, 3.8) is 0 Å². The first-order chi connectivity index (χ1) is 7.50. The van der Waals surface area contributed by atoms with Gasteiger partial charge in [0.05, 0.1) is 5.56 Å². The molecule has 0 bridgehead atoms. The Balaban J connectivity index is 2.47. The summed E-state index contributed by atoms with van der Waals surface area (Å²) >= 11 is 3.01. The van der Waals surface area contributed by atoms with Gasteiger partial charge >= 0.3 is 6.18 Å². The van der Waals surface area contributed by atoms with Gasteiger partial charge in [-0.15, -0.1) is 0 Å². The molecule has 0 atom stereocenters. The quantitative estimate of drug-likeness (QED) is 0.673. The first kappa shape index (κ1) is 12.0. The fourth-order valence-electron chi connectivity index (χ4n) is 2.42. The van der Waals surface area contributed by atoms with Crippen molar-refractivity contribution in [1.29, 1.82) is 0 Å². The van der Waals surface area contributed by atoms with E-state index in [1.165, 1.54) is 6.07 Å². The topological polar surface area (TPSA) is 0 Å². The van der Waals surface area contributed by atoms with Gasteiger partial charge in [0, 0.05) is 4.47 Å². The highest BCUT2D eigenvalue weighted by atomic mass is 79.9. The Kier molecular flexibility index (Phi) is 3.29. The lowest BCUT2D eigenvalue weighted by molar-refractivity contribution is -0.139. The van der Waals surface area contributed by atoms with Crippen LogP contribution in [0.2, 0.25) is 0 Å². The second kappa shape index (κ2) is 4.40. The van der Waals surface area contributed by atoms with Gasteiger partial charge in [0.2, 0.25) is 0 Å². The minimum absolute atomic E-state index is 0.0779. The molecule has 0 N–H and O–H groups in total. The highest BCUT2D eigenvalue weighted by Gasteiger charge is 2.37. The van der Waals surface area contributed by atoms with Crippen molar-refractivity contribution in [2.45, 2.75) is 37.8 Å². The molecule has 0 amide bonds. The average Bonchev–Trinajstić information content (AvgIpc) is 2.67. The molecular weight excluding hydrogens is 281 g/mol. The summed E-state index contributed by atoms with van der Waals surface area (Å²) in [6, 6.07) is 4.76. The summed E-state index contributed by atoms with van der Waals surface area (Å²) in [5, 5.41) is 0. The largest absolute Gasteiger partial charge is 0.417 e. The molecule has 88 valence electrons. The summed E-state index contributed by atoms with van der Waals surface area (Å²) in [7, 11) is 0. The SMILES string of the molecule is FC(F)(F)c1c(Br)cccc1C1CCCC1. The zero-order chi connectivity index (χ0) is 11.8. The van der Waals surface area contributed by atoms with Gasteiger partial charge in [-0.3, -0.25) is 0 Å². The molecule has 1 aliphatic carbocycles. The van der Waals surface area contributed by atoms with Crippen LogP contribution in [0, 0.1) is 0 Å². The van der Waals surface area contributed by atoms with Gasteiger partial charge in [0.15, 0.2) is 0 Å². The maximum atomic E-state index is 12.9.